The average molecular weight is 288 g/mol. The number of pyridine rings is 1. The van der Waals surface area contributed by atoms with Crippen LogP contribution in [0.5, 0.6) is 0 Å². The number of rotatable bonds is 3. The van der Waals surface area contributed by atoms with Gasteiger partial charge in [-0.15, -0.1) is 0 Å². The van der Waals surface area contributed by atoms with E-state index < -0.39 is 0 Å². The second kappa shape index (κ2) is 7.23. The molecule has 1 saturated heterocycles. The lowest BCUT2D eigenvalue weighted by atomic mass is 9.93. The van der Waals surface area contributed by atoms with Crippen molar-refractivity contribution in [3.05, 3.63) is 24.4 Å². The molecule has 4 heteroatoms. The van der Waals surface area contributed by atoms with Gasteiger partial charge in [-0.3, -0.25) is 4.90 Å². The molecule has 2 N–H and O–H groups in total. The average Bonchev–Trinajstić information content (AvgIpc) is 2.81. The van der Waals surface area contributed by atoms with Crippen LogP contribution in [-0.2, 0) is 0 Å². The van der Waals surface area contributed by atoms with Crippen LogP contribution in [-0.4, -0.2) is 48.6 Å². The van der Waals surface area contributed by atoms with Crippen molar-refractivity contribution < 1.29 is 0 Å². The van der Waals surface area contributed by atoms with Crippen molar-refractivity contribution in [2.24, 2.45) is 11.7 Å². The first-order valence-corrected chi connectivity index (χ1v) is 8.48. The van der Waals surface area contributed by atoms with E-state index in [4.69, 9.17) is 5.73 Å². The molecule has 0 bridgehead atoms. The van der Waals surface area contributed by atoms with Gasteiger partial charge >= 0.3 is 0 Å². The third-order valence-corrected chi connectivity index (χ3v) is 5.18. The largest absolute Gasteiger partial charge is 0.354 e. The number of anilines is 1. The molecule has 1 aromatic rings. The predicted molar refractivity (Wildman–Crippen MR) is 87.4 cm³/mol. The normalized spacial score (nSPS) is 28.3. The second-order valence-electron chi connectivity index (χ2n) is 6.41. The Labute approximate surface area is 128 Å². The van der Waals surface area contributed by atoms with Crippen LogP contribution in [0.15, 0.2) is 24.4 Å². The fraction of sp³-hybridized carbons (Fsp3) is 0.706. The minimum atomic E-state index is 0.703. The van der Waals surface area contributed by atoms with Crippen molar-refractivity contribution in [3.63, 3.8) is 0 Å². The molecular weight excluding hydrogens is 260 g/mol. The summed E-state index contributed by atoms with van der Waals surface area (Å²) >= 11 is 0. The number of hydrogen-bond donors (Lipinski definition) is 1. The molecule has 0 aromatic carbocycles. The van der Waals surface area contributed by atoms with Gasteiger partial charge in [0.1, 0.15) is 5.82 Å². The molecule has 4 nitrogen and oxygen atoms in total. The van der Waals surface area contributed by atoms with Crippen molar-refractivity contribution in [1.82, 2.24) is 9.88 Å². The molecular formula is C17H28N4. The van der Waals surface area contributed by atoms with Crippen LogP contribution < -0.4 is 10.6 Å². The zero-order valence-corrected chi connectivity index (χ0v) is 13.0. The molecule has 2 heterocycles. The highest BCUT2D eigenvalue weighted by molar-refractivity contribution is 5.38. The highest BCUT2D eigenvalue weighted by Gasteiger charge is 2.30. The first-order chi connectivity index (χ1) is 10.4. The van der Waals surface area contributed by atoms with E-state index >= 15 is 0 Å². The molecule has 0 radical (unpaired) electrons. The molecule has 1 saturated carbocycles. The molecule has 21 heavy (non-hydrogen) atoms. The fourth-order valence-corrected chi connectivity index (χ4v) is 3.94. The van der Waals surface area contributed by atoms with Gasteiger partial charge in [-0.25, -0.2) is 4.98 Å². The zero-order valence-electron chi connectivity index (χ0n) is 13.0. The molecule has 2 aliphatic rings. The Balaban J connectivity index is 1.59. The SMILES string of the molecule is NCC1CCCCCC1N1CCN(c2ccccn2)CC1. The Bertz CT molecular complexity index is 414. The van der Waals surface area contributed by atoms with E-state index in [2.05, 4.69) is 26.9 Å². The van der Waals surface area contributed by atoms with Gasteiger partial charge in [-0.2, -0.15) is 0 Å². The highest BCUT2D eigenvalue weighted by atomic mass is 15.3. The van der Waals surface area contributed by atoms with E-state index in [0.29, 0.717) is 12.0 Å². The highest BCUT2D eigenvalue weighted by Crippen LogP contribution is 2.28. The van der Waals surface area contributed by atoms with Crippen molar-refractivity contribution >= 4 is 5.82 Å². The third kappa shape index (κ3) is 3.55. The van der Waals surface area contributed by atoms with E-state index in [0.717, 1.165) is 38.5 Å². The van der Waals surface area contributed by atoms with Crippen molar-refractivity contribution in [2.45, 2.75) is 38.1 Å². The smallest absolute Gasteiger partial charge is 0.128 e. The van der Waals surface area contributed by atoms with Gasteiger partial charge in [-0.05, 0) is 37.4 Å². The van der Waals surface area contributed by atoms with Crippen LogP contribution >= 0.6 is 0 Å². The Morgan fingerprint density at radius 2 is 1.86 bits per heavy atom. The van der Waals surface area contributed by atoms with Gasteiger partial charge in [0.15, 0.2) is 0 Å². The maximum absolute atomic E-state index is 6.04. The maximum Gasteiger partial charge on any atom is 0.128 e. The summed E-state index contributed by atoms with van der Waals surface area (Å²) in [6, 6.07) is 6.88. The number of aromatic nitrogens is 1. The van der Waals surface area contributed by atoms with E-state index in [1.54, 1.807) is 0 Å². The van der Waals surface area contributed by atoms with Crippen molar-refractivity contribution in [3.8, 4) is 0 Å². The number of nitrogens with zero attached hydrogens (tertiary/aromatic N) is 3. The molecule has 2 atom stereocenters. The minimum Gasteiger partial charge on any atom is -0.354 e. The lowest BCUT2D eigenvalue weighted by molar-refractivity contribution is 0.128. The first kappa shape index (κ1) is 14.8. The number of piperazine rings is 1. The van der Waals surface area contributed by atoms with Crippen molar-refractivity contribution in [1.29, 1.82) is 0 Å². The molecule has 116 valence electrons. The van der Waals surface area contributed by atoms with E-state index in [1.165, 1.54) is 32.1 Å². The second-order valence-corrected chi connectivity index (χ2v) is 6.41. The molecule has 2 fully saturated rings. The van der Waals surface area contributed by atoms with Gasteiger partial charge in [0.05, 0.1) is 0 Å². The predicted octanol–water partition coefficient (Wildman–Crippen LogP) is 2.11. The zero-order chi connectivity index (χ0) is 14.5. The summed E-state index contributed by atoms with van der Waals surface area (Å²) in [6.07, 6.45) is 8.68. The van der Waals surface area contributed by atoms with Crippen LogP contribution in [0.25, 0.3) is 0 Å². The summed E-state index contributed by atoms with van der Waals surface area (Å²) in [4.78, 5) is 9.58. The Morgan fingerprint density at radius 3 is 2.57 bits per heavy atom. The summed E-state index contributed by atoms with van der Waals surface area (Å²) in [5, 5.41) is 0. The summed E-state index contributed by atoms with van der Waals surface area (Å²) in [7, 11) is 0. The fourth-order valence-electron chi connectivity index (χ4n) is 3.94. The van der Waals surface area contributed by atoms with Crippen molar-refractivity contribution in [2.75, 3.05) is 37.6 Å². The standard InChI is InChI=1S/C17H28N4/c18-14-15-6-2-1-3-7-16(15)20-10-12-21(13-11-20)17-8-4-5-9-19-17/h4-5,8-9,15-16H,1-3,6-7,10-14,18H2. The number of hydrogen-bond acceptors (Lipinski definition) is 4. The van der Waals surface area contributed by atoms with Crippen LogP contribution in [0.4, 0.5) is 5.82 Å². The topological polar surface area (TPSA) is 45.4 Å². The minimum absolute atomic E-state index is 0.703. The van der Waals surface area contributed by atoms with Gasteiger partial charge in [0.2, 0.25) is 0 Å². The number of nitrogens with two attached hydrogens (primary N) is 1. The summed E-state index contributed by atoms with van der Waals surface area (Å²) in [6.45, 7) is 5.33. The maximum atomic E-state index is 6.04. The van der Waals surface area contributed by atoms with Gasteiger partial charge in [0.25, 0.3) is 0 Å². The molecule has 0 spiro atoms. The molecule has 3 rings (SSSR count). The summed E-state index contributed by atoms with van der Waals surface area (Å²) in [5.74, 6) is 1.82. The Hall–Kier alpha value is -1.13. The summed E-state index contributed by atoms with van der Waals surface area (Å²) < 4.78 is 0. The van der Waals surface area contributed by atoms with Gasteiger partial charge in [0, 0.05) is 38.4 Å². The monoisotopic (exact) mass is 288 g/mol. The Kier molecular flexibility index (Phi) is 5.09. The quantitative estimate of drug-likeness (QED) is 0.865. The summed E-state index contributed by atoms with van der Waals surface area (Å²) in [5.41, 5.74) is 6.04. The molecule has 2 unspecified atom stereocenters. The van der Waals surface area contributed by atoms with Crippen LogP contribution in [0, 0.1) is 5.92 Å². The van der Waals surface area contributed by atoms with Crippen LogP contribution in [0.3, 0.4) is 0 Å². The third-order valence-electron chi connectivity index (χ3n) is 5.18. The van der Waals surface area contributed by atoms with E-state index in [1.807, 2.05) is 12.3 Å². The van der Waals surface area contributed by atoms with E-state index in [9.17, 15) is 0 Å². The van der Waals surface area contributed by atoms with Gasteiger partial charge in [-0.1, -0.05) is 25.3 Å². The molecule has 0 amide bonds. The van der Waals surface area contributed by atoms with Crippen LogP contribution in [0.1, 0.15) is 32.1 Å². The molecule has 1 aromatic heterocycles. The van der Waals surface area contributed by atoms with E-state index in [-0.39, 0.29) is 0 Å². The Morgan fingerprint density at radius 1 is 1.05 bits per heavy atom. The van der Waals surface area contributed by atoms with Gasteiger partial charge < -0.3 is 10.6 Å². The lowest BCUT2D eigenvalue weighted by Crippen LogP contribution is -2.53. The molecule has 1 aliphatic heterocycles. The van der Waals surface area contributed by atoms with Crippen LogP contribution in [0.2, 0.25) is 0 Å². The first-order valence-electron chi connectivity index (χ1n) is 8.48. The lowest BCUT2D eigenvalue weighted by Gasteiger charge is -2.42. The molecule has 1 aliphatic carbocycles.